The van der Waals surface area contributed by atoms with Gasteiger partial charge in [-0.15, -0.1) is 10.2 Å². The van der Waals surface area contributed by atoms with Crippen LogP contribution in [0.2, 0.25) is 0 Å². The lowest BCUT2D eigenvalue weighted by molar-refractivity contribution is -0.143. The number of nitrogens with zero attached hydrogens (tertiary/aromatic N) is 3. The number of furan rings is 1. The predicted octanol–water partition coefficient (Wildman–Crippen LogP) is 2.94. The van der Waals surface area contributed by atoms with Gasteiger partial charge in [-0.2, -0.15) is 0 Å². The van der Waals surface area contributed by atoms with Crippen LogP contribution in [-0.4, -0.2) is 40.6 Å². The third-order valence-corrected chi connectivity index (χ3v) is 4.13. The van der Waals surface area contributed by atoms with E-state index < -0.39 is 17.8 Å². The number of carbonyl (C=O) groups is 3. The number of benzene rings is 1. The normalized spacial score (nSPS) is 11.4. The van der Waals surface area contributed by atoms with Crippen molar-refractivity contribution < 1.29 is 28.6 Å². The second-order valence-corrected chi connectivity index (χ2v) is 6.24. The average molecular weight is 424 g/mol. The molecular formula is C21H20N4O6. The van der Waals surface area contributed by atoms with Gasteiger partial charge in [0.05, 0.1) is 18.4 Å². The highest BCUT2D eigenvalue weighted by Gasteiger charge is 2.19. The number of fused-ring (bicyclic) bond motifs is 1. The molecule has 0 aliphatic carbocycles. The van der Waals surface area contributed by atoms with Gasteiger partial charge in [-0.25, -0.2) is 0 Å². The Kier molecular flexibility index (Phi) is 6.94. The molecule has 2 aromatic heterocycles. The van der Waals surface area contributed by atoms with Gasteiger partial charge in [-0.1, -0.05) is 18.2 Å². The zero-order valence-corrected chi connectivity index (χ0v) is 16.6. The summed E-state index contributed by atoms with van der Waals surface area (Å²) in [5.41, 5.74) is 0.572. The fraction of sp³-hybridized carbons (Fsp3) is 0.190. The van der Waals surface area contributed by atoms with Crippen molar-refractivity contribution in [1.82, 2.24) is 9.88 Å². The largest absolute Gasteiger partial charge is 0.493 e. The zero-order valence-electron chi connectivity index (χ0n) is 16.6. The van der Waals surface area contributed by atoms with Crippen LogP contribution >= 0.6 is 0 Å². The number of para-hydroxylation sites is 1. The molecule has 3 aromatic rings. The minimum atomic E-state index is -0.721. The molecule has 1 aromatic carbocycles. The summed E-state index contributed by atoms with van der Waals surface area (Å²) in [4.78, 5) is 35.6. The first-order chi connectivity index (χ1) is 15.0. The van der Waals surface area contributed by atoms with E-state index in [2.05, 4.69) is 15.5 Å². The van der Waals surface area contributed by atoms with Gasteiger partial charge in [0.15, 0.2) is 5.69 Å². The molecule has 0 unspecified atom stereocenters. The van der Waals surface area contributed by atoms with E-state index in [9.17, 15) is 19.5 Å². The Morgan fingerprint density at radius 2 is 2.03 bits per heavy atom. The SMILES string of the molecule is CCOC(=O)Cn1c(O)c(N=NC(=O)CNC(=O)/C=C/c2ccco2)c2ccccc21. The Morgan fingerprint density at radius 1 is 1.23 bits per heavy atom. The highest BCUT2D eigenvalue weighted by atomic mass is 16.5. The van der Waals surface area contributed by atoms with Crippen LogP contribution < -0.4 is 5.32 Å². The zero-order chi connectivity index (χ0) is 22.2. The Balaban J connectivity index is 1.69. The molecule has 0 saturated heterocycles. The Labute approximate surface area is 176 Å². The molecule has 0 spiro atoms. The fourth-order valence-corrected chi connectivity index (χ4v) is 2.77. The summed E-state index contributed by atoms with van der Waals surface area (Å²) in [6, 6.07) is 10.2. The molecule has 0 radical (unpaired) electrons. The number of hydrogen-bond donors (Lipinski definition) is 2. The number of rotatable bonds is 8. The van der Waals surface area contributed by atoms with Crippen LogP contribution in [0.25, 0.3) is 17.0 Å². The van der Waals surface area contributed by atoms with Crippen molar-refractivity contribution in [2.45, 2.75) is 13.5 Å². The van der Waals surface area contributed by atoms with Crippen molar-refractivity contribution in [3.63, 3.8) is 0 Å². The van der Waals surface area contributed by atoms with Crippen LogP contribution in [0.3, 0.4) is 0 Å². The summed E-state index contributed by atoms with van der Waals surface area (Å²) >= 11 is 0. The minimum absolute atomic E-state index is 0.0392. The lowest BCUT2D eigenvalue weighted by atomic mass is 10.2. The Morgan fingerprint density at radius 3 is 2.77 bits per heavy atom. The number of azo groups is 1. The van der Waals surface area contributed by atoms with E-state index in [1.54, 1.807) is 43.3 Å². The van der Waals surface area contributed by atoms with E-state index in [0.29, 0.717) is 16.7 Å². The van der Waals surface area contributed by atoms with Gasteiger partial charge in [-0.05, 0) is 31.2 Å². The van der Waals surface area contributed by atoms with Crippen LogP contribution in [0.5, 0.6) is 5.88 Å². The van der Waals surface area contributed by atoms with Crippen LogP contribution in [0.1, 0.15) is 12.7 Å². The Hall–Kier alpha value is -4.21. The van der Waals surface area contributed by atoms with Gasteiger partial charge >= 0.3 is 5.97 Å². The van der Waals surface area contributed by atoms with E-state index in [0.717, 1.165) is 0 Å². The lowest BCUT2D eigenvalue weighted by Crippen LogP contribution is -2.26. The van der Waals surface area contributed by atoms with Crippen LogP contribution in [0.15, 0.2) is 63.4 Å². The minimum Gasteiger partial charge on any atom is -0.493 e. The van der Waals surface area contributed by atoms with Crippen LogP contribution in [0, 0.1) is 0 Å². The molecule has 2 heterocycles. The fourth-order valence-electron chi connectivity index (χ4n) is 2.77. The second kappa shape index (κ2) is 10.0. The molecule has 0 atom stereocenters. The standard InChI is InChI=1S/C21H20N4O6/c1-2-30-19(28)13-25-16-8-4-3-7-15(16)20(21(25)29)24-23-18(27)12-22-17(26)10-9-14-6-5-11-31-14/h3-11,29H,2,12-13H2,1H3,(H,22,26)/b10-9+,24-23?. The first-order valence-corrected chi connectivity index (χ1v) is 9.39. The number of aromatic hydroxyl groups is 1. The van der Waals surface area contributed by atoms with Gasteiger partial charge < -0.3 is 19.6 Å². The number of aromatic nitrogens is 1. The van der Waals surface area contributed by atoms with E-state index in [-0.39, 0.29) is 31.3 Å². The second-order valence-electron chi connectivity index (χ2n) is 6.24. The average Bonchev–Trinajstić information content (AvgIpc) is 3.37. The summed E-state index contributed by atoms with van der Waals surface area (Å²) in [6.07, 6.45) is 4.15. The molecule has 3 rings (SSSR count). The number of amides is 2. The number of carbonyl (C=O) groups excluding carboxylic acids is 3. The maximum Gasteiger partial charge on any atom is 0.326 e. The monoisotopic (exact) mass is 424 g/mol. The molecule has 31 heavy (non-hydrogen) atoms. The van der Waals surface area contributed by atoms with Crippen molar-refractivity contribution in [2.24, 2.45) is 10.2 Å². The summed E-state index contributed by atoms with van der Waals surface area (Å²) in [5, 5.41) is 20.8. The molecule has 160 valence electrons. The first kappa shape index (κ1) is 21.5. The topological polar surface area (TPSA) is 135 Å². The van der Waals surface area contributed by atoms with Crippen molar-refractivity contribution in [3.05, 3.63) is 54.5 Å². The molecule has 2 N–H and O–H groups in total. The Bertz CT molecular complexity index is 1140. The third-order valence-electron chi connectivity index (χ3n) is 4.13. The van der Waals surface area contributed by atoms with Crippen molar-refractivity contribution in [2.75, 3.05) is 13.2 Å². The van der Waals surface area contributed by atoms with E-state index in [1.807, 2.05) is 0 Å². The summed E-state index contributed by atoms with van der Waals surface area (Å²) in [7, 11) is 0. The van der Waals surface area contributed by atoms with Gasteiger partial charge in [0.1, 0.15) is 18.8 Å². The van der Waals surface area contributed by atoms with E-state index >= 15 is 0 Å². The smallest absolute Gasteiger partial charge is 0.326 e. The van der Waals surface area contributed by atoms with Crippen LogP contribution in [0.4, 0.5) is 5.69 Å². The summed E-state index contributed by atoms with van der Waals surface area (Å²) < 4.78 is 11.3. The molecule has 0 fully saturated rings. The van der Waals surface area contributed by atoms with E-state index in [4.69, 9.17) is 9.15 Å². The summed E-state index contributed by atoms with van der Waals surface area (Å²) in [5.74, 6) is -1.58. The first-order valence-electron chi connectivity index (χ1n) is 9.39. The highest BCUT2D eigenvalue weighted by Crippen LogP contribution is 2.38. The predicted molar refractivity (Wildman–Crippen MR) is 111 cm³/mol. The van der Waals surface area contributed by atoms with Gasteiger partial charge in [0.2, 0.25) is 11.8 Å². The van der Waals surface area contributed by atoms with Gasteiger partial charge in [0, 0.05) is 11.5 Å². The quantitative estimate of drug-likeness (QED) is 0.324. The molecule has 0 bridgehead atoms. The number of ether oxygens (including phenoxy) is 1. The number of nitrogens with one attached hydrogen (secondary N) is 1. The van der Waals surface area contributed by atoms with Crippen molar-refractivity contribution in [3.8, 4) is 5.88 Å². The lowest BCUT2D eigenvalue weighted by Gasteiger charge is -2.06. The molecule has 0 saturated carbocycles. The number of hydrogen-bond acceptors (Lipinski definition) is 7. The molecule has 0 aliphatic rings. The molecule has 10 nitrogen and oxygen atoms in total. The number of esters is 1. The van der Waals surface area contributed by atoms with Crippen molar-refractivity contribution in [1.29, 1.82) is 0 Å². The van der Waals surface area contributed by atoms with Crippen LogP contribution in [-0.2, 0) is 25.7 Å². The summed E-state index contributed by atoms with van der Waals surface area (Å²) in [6.45, 7) is 1.29. The van der Waals surface area contributed by atoms with Gasteiger partial charge in [0.25, 0.3) is 5.91 Å². The molecule has 2 amide bonds. The highest BCUT2D eigenvalue weighted by molar-refractivity contribution is 5.96. The molecule has 0 aliphatic heterocycles. The molecule has 10 heteroatoms. The molecular weight excluding hydrogens is 404 g/mol. The van der Waals surface area contributed by atoms with Gasteiger partial charge in [-0.3, -0.25) is 19.0 Å². The maximum atomic E-state index is 12.0. The van der Waals surface area contributed by atoms with E-state index in [1.165, 1.54) is 23.0 Å². The maximum absolute atomic E-state index is 12.0. The van der Waals surface area contributed by atoms with Crippen molar-refractivity contribution >= 4 is 40.4 Å². The third kappa shape index (κ3) is 5.44.